The average molecular weight is 459 g/mol. The fraction of sp³-hybridized carbons (Fsp3) is 0.400. The Morgan fingerprint density at radius 2 is 1.15 bits per heavy atom. The van der Waals surface area contributed by atoms with Crippen molar-refractivity contribution >= 4 is 0 Å². The molecule has 1 aliphatic heterocycles. The van der Waals surface area contributed by atoms with Gasteiger partial charge in [0.05, 0.1) is 12.7 Å². The highest BCUT2D eigenvalue weighted by Gasteiger charge is 2.29. The molecule has 1 saturated heterocycles. The molecule has 0 aromatic heterocycles. The van der Waals surface area contributed by atoms with E-state index in [1.165, 1.54) is 11.1 Å². The van der Waals surface area contributed by atoms with Crippen molar-refractivity contribution in [1.82, 2.24) is 9.80 Å². The van der Waals surface area contributed by atoms with Gasteiger partial charge in [-0.05, 0) is 37.0 Å². The molecule has 34 heavy (non-hydrogen) atoms. The summed E-state index contributed by atoms with van der Waals surface area (Å²) in [4.78, 5) is 5.06. The monoisotopic (exact) mass is 458 g/mol. The van der Waals surface area contributed by atoms with E-state index in [0.29, 0.717) is 18.7 Å². The number of aliphatic hydroxyl groups is 1. The van der Waals surface area contributed by atoms with Crippen LogP contribution in [0.3, 0.4) is 0 Å². The lowest BCUT2D eigenvalue weighted by molar-refractivity contribution is 0.00245. The Labute approximate surface area is 204 Å². The summed E-state index contributed by atoms with van der Waals surface area (Å²) >= 11 is 0. The summed E-state index contributed by atoms with van der Waals surface area (Å²) in [7, 11) is 0. The van der Waals surface area contributed by atoms with E-state index in [1.807, 2.05) is 42.5 Å². The number of hydrogen-bond acceptors (Lipinski definition) is 4. The van der Waals surface area contributed by atoms with Crippen LogP contribution in [0, 0.1) is 0 Å². The summed E-state index contributed by atoms with van der Waals surface area (Å²) in [5.74, 6) is 0. The molecule has 1 heterocycles. The maximum atomic E-state index is 10.6. The molecule has 0 saturated carbocycles. The standard InChI is InChI=1S/C30H38N2O2/c1-24-23-32(25(2)22-31(24)19-18-29(33)26-12-6-3-7-13-26)20-21-34-30(27-14-8-4-9-15-27)28-16-10-5-11-17-28/h3-17,24-25,29-30,33H,18-23H2,1-2H3/t24-,25+,29+/m1/s1. The minimum atomic E-state index is -0.400. The van der Waals surface area contributed by atoms with Crippen LogP contribution in [-0.4, -0.2) is 59.8 Å². The van der Waals surface area contributed by atoms with E-state index in [1.54, 1.807) is 0 Å². The Bertz CT molecular complexity index is 927. The maximum absolute atomic E-state index is 10.6. The number of piperazine rings is 1. The van der Waals surface area contributed by atoms with Crippen molar-refractivity contribution in [1.29, 1.82) is 0 Å². The number of nitrogens with zero attached hydrogens (tertiary/aromatic N) is 2. The fourth-order valence-corrected chi connectivity index (χ4v) is 4.95. The summed E-state index contributed by atoms with van der Waals surface area (Å²) in [5, 5.41) is 10.6. The van der Waals surface area contributed by atoms with Crippen molar-refractivity contribution in [3.63, 3.8) is 0 Å². The van der Waals surface area contributed by atoms with Crippen LogP contribution in [0.4, 0.5) is 0 Å². The van der Waals surface area contributed by atoms with Crippen LogP contribution in [0.15, 0.2) is 91.0 Å². The highest BCUT2D eigenvalue weighted by atomic mass is 16.5. The van der Waals surface area contributed by atoms with Crippen molar-refractivity contribution in [2.75, 3.05) is 32.8 Å². The molecular formula is C30H38N2O2. The Morgan fingerprint density at radius 1 is 0.706 bits per heavy atom. The molecule has 0 radical (unpaired) electrons. The zero-order valence-electron chi connectivity index (χ0n) is 20.5. The van der Waals surface area contributed by atoms with Gasteiger partial charge in [0.15, 0.2) is 0 Å². The first-order chi connectivity index (χ1) is 16.6. The van der Waals surface area contributed by atoms with Crippen molar-refractivity contribution in [2.24, 2.45) is 0 Å². The largest absolute Gasteiger partial charge is 0.388 e. The van der Waals surface area contributed by atoms with Crippen molar-refractivity contribution in [2.45, 2.75) is 44.6 Å². The van der Waals surface area contributed by atoms with E-state index in [0.717, 1.165) is 38.2 Å². The van der Waals surface area contributed by atoms with Gasteiger partial charge in [-0.2, -0.15) is 0 Å². The topological polar surface area (TPSA) is 35.9 Å². The first-order valence-corrected chi connectivity index (χ1v) is 12.5. The minimum Gasteiger partial charge on any atom is -0.388 e. The molecule has 0 unspecified atom stereocenters. The third-order valence-corrected chi connectivity index (χ3v) is 6.99. The lowest BCUT2D eigenvalue weighted by Gasteiger charge is -2.44. The van der Waals surface area contributed by atoms with Gasteiger partial charge in [-0.3, -0.25) is 9.80 Å². The van der Waals surface area contributed by atoms with Crippen LogP contribution < -0.4 is 0 Å². The first kappa shape index (κ1) is 24.6. The predicted molar refractivity (Wildman–Crippen MR) is 139 cm³/mol. The molecular weight excluding hydrogens is 420 g/mol. The number of ether oxygens (including phenoxy) is 1. The molecule has 3 atom stereocenters. The molecule has 3 aromatic carbocycles. The van der Waals surface area contributed by atoms with Gasteiger partial charge >= 0.3 is 0 Å². The summed E-state index contributed by atoms with van der Waals surface area (Å²) in [6.45, 7) is 9.16. The Kier molecular flexibility index (Phi) is 8.89. The molecule has 3 aromatic rings. The Hall–Kier alpha value is -2.50. The molecule has 4 rings (SSSR count). The molecule has 0 spiro atoms. The van der Waals surface area contributed by atoms with Gasteiger partial charge in [-0.15, -0.1) is 0 Å². The van der Waals surface area contributed by atoms with E-state index in [4.69, 9.17) is 4.74 Å². The van der Waals surface area contributed by atoms with Gasteiger partial charge in [-0.25, -0.2) is 0 Å². The molecule has 1 N–H and O–H groups in total. The Morgan fingerprint density at radius 3 is 1.65 bits per heavy atom. The lowest BCUT2D eigenvalue weighted by atomic mass is 10.0. The molecule has 4 nitrogen and oxygen atoms in total. The van der Waals surface area contributed by atoms with Crippen LogP contribution in [0.5, 0.6) is 0 Å². The van der Waals surface area contributed by atoms with E-state index >= 15 is 0 Å². The van der Waals surface area contributed by atoms with E-state index in [-0.39, 0.29) is 6.10 Å². The molecule has 0 bridgehead atoms. The van der Waals surface area contributed by atoms with Gasteiger partial charge < -0.3 is 9.84 Å². The third-order valence-electron chi connectivity index (χ3n) is 6.99. The second-order valence-electron chi connectivity index (χ2n) is 9.48. The fourth-order valence-electron chi connectivity index (χ4n) is 4.95. The summed E-state index contributed by atoms with van der Waals surface area (Å²) in [5.41, 5.74) is 3.39. The number of aliphatic hydroxyl groups excluding tert-OH is 1. The quantitative estimate of drug-likeness (QED) is 0.447. The second-order valence-corrected chi connectivity index (χ2v) is 9.48. The average Bonchev–Trinajstić information content (AvgIpc) is 2.89. The van der Waals surface area contributed by atoms with Gasteiger partial charge in [0.2, 0.25) is 0 Å². The minimum absolute atomic E-state index is 0.0455. The second kappa shape index (κ2) is 12.3. The highest BCUT2D eigenvalue weighted by molar-refractivity contribution is 5.29. The van der Waals surface area contributed by atoms with Crippen LogP contribution >= 0.6 is 0 Å². The maximum Gasteiger partial charge on any atom is 0.108 e. The number of benzene rings is 3. The third kappa shape index (κ3) is 6.55. The number of hydrogen-bond donors (Lipinski definition) is 1. The van der Waals surface area contributed by atoms with E-state index < -0.39 is 6.10 Å². The van der Waals surface area contributed by atoms with Crippen LogP contribution in [0.2, 0.25) is 0 Å². The molecule has 1 aliphatic rings. The summed E-state index contributed by atoms with van der Waals surface area (Å²) < 4.78 is 6.47. The molecule has 4 heteroatoms. The zero-order valence-corrected chi connectivity index (χ0v) is 20.5. The zero-order chi connectivity index (χ0) is 23.8. The molecule has 0 amide bonds. The summed E-state index contributed by atoms with van der Waals surface area (Å²) in [6, 6.07) is 31.9. The van der Waals surface area contributed by atoms with Crippen molar-refractivity contribution < 1.29 is 9.84 Å². The van der Waals surface area contributed by atoms with Gasteiger partial charge in [0, 0.05) is 38.3 Å². The SMILES string of the molecule is C[C@@H]1CN(CCOC(c2ccccc2)c2ccccc2)[C@@H](C)CN1CC[C@H](O)c1ccccc1. The van der Waals surface area contributed by atoms with E-state index in [9.17, 15) is 5.11 Å². The van der Waals surface area contributed by atoms with Crippen LogP contribution in [0.25, 0.3) is 0 Å². The van der Waals surface area contributed by atoms with Gasteiger partial charge in [-0.1, -0.05) is 91.0 Å². The molecule has 180 valence electrons. The lowest BCUT2D eigenvalue weighted by Crippen LogP contribution is -2.57. The highest BCUT2D eigenvalue weighted by Crippen LogP contribution is 2.26. The van der Waals surface area contributed by atoms with Crippen LogP contribution in [-0.2, 0) is 4.74 Å². The Balaban J connectivity index is 1.28. The van der Waals surface area contributed by atoms with Crippen LogP contribution in [0.1, 0.15) is 49.2 Å². The predicted octanol–water partition coefficient (Wildman–Crippen LogP) is 5.31. The van der Waals surface area contributed by atoms with Gasteiger partial charge in [0.25, 0.3) is 0 Å². The number of rotatable bonds is 10. The summed E-state index contributed by atoms with van der Waals surface area (Å²) in [6.07, 6.45) is 0.318. The van der Waals surface area contributed by atoms with Gasteiger partial charge in [0.1, 0.15) is 6.10 Å². The smallest absolute Gasteiger partial charge is 0.108 e. The van der Waals surface area contributed by atoms with E-state index in [2.05, 4.69) is 72.2 Å². The molecule has 1 fully saturated rings. The van der Waals surface area contributed by atoms with Crippen molar-refractivity contribution in [3.8, 4) is 0 Å². The normalized spacial score (nSPS) is 20.5. The first-order valence-electron chi connectivity index (χ1n) is 12.5. The molecule has 0 aliphatic carbocycles. The van der Waals surface area contributed by atoms with Crippen molar-refractivity contribution in [3.05, 3.63) is 108 Å².